The lowest BCUT2D eigenvalue weighted by atomic mass is 9.87. The minimum Gasteiger partial charge on any atom is -0.356 e. The number of hydrogen-bond donors (Lipinski definition) is 3. The van der Waals surface area contributed by atoms with Gasteiger partial charge in [0.05, 0.1) is 0 Å². The average Bonchev–Trinajstić information content (AvgIpc) is 3.16. The fourth-order valence-corrected chi connectivity index (χ4v) is 6.03. The largest absolute Gasteiger partial charge is 0.356 e. The van der Waals surface area contributed by atoms with Crippen LogP contribution in [0.5, 0.6) is 0 Å². The van der Waals surface area contributed by atoms with Crippen LogP contribution in [0.1, 0.15) is 83.5 Å². The van der Waals surface area contributed by atoms with Gasteiger partial charge in [0.2, 0.25) is 11.9 Å². The molecule has 8 nitrogen and oxygen atoms in total. The number of nitrogens with two attached hydrogens (primary N) is 1. The molecule has 3 heterocycles. The first-order chi connectivity index (χ1) is 16.7. The molecule has 190 valence electrons. The number of carbonyl (C=O) groups excluding carboxylic acids is 1. The van der Waals surface area contributed by atoms with Gasteiger partial charge in [-0.25, -0.2) is 4.98 Å². The van der Waals surface area contributed by atoms with E-state index in [2.05, 4.69) is 25.4 Å². The number of likely N-dealkylation sites (tertiary alicyclic amines) is 1. The molecule has 4 rings (SSSR count). The van der Waals surface area contributed by atoms with Crippen LogP contribution in [0.15, 0.2) is 12.3 Å². The zero-order valence-corrected chi connectivity index (χ0v) is 20.9. The molecule has 0 spiro atoms. The van der Waals surface area contributed by atoms with Gasteiger partial charge >= 0.3 is 0 Å². The van der Waals surface area contributed by atoms with Gasteiger partial charge in [0.15, 0.2) is 0 Å². The molecule has 3 fully saturated rings. The van der Waals surface area contributed by atoms with E-state index in [1.54, 1.807) is 0 Å². The Balaban J connectivity index is 1.47. The van der Waals surface area contributed by atoms with Crippen molar-refractivity contribution in [3.8, 4) is 0 Å². The zero-order chi connectivity index (χ0) is 23.6. The first-order valence-electron chi connectivity index (χ1n) is 13.8. The van der Waals surface area contributed by atoms with Crippen molar-refractivity contribution in [3.63, 3.8) is 0 Å². The lowest BCUT2D eigenvalue weighted by molar-refractivity contribution is -0.123. The highest BCUT2D eigenvalue weighted by molar-refractivity contribution is 5.76. The van der Waals surface area contributed by atoms with Crippen molar-refractivity contribution >= 4 is 17.7 Å². The minimum absolute atomic E-state index is 0.132. The van der Waals surface area contributed by atoms with E-state index in [1.807, 2.05) is 12.3 Å². The van der Waals surface area contributed by atoms with Gasteiger partial charge in [-0.2, -0.15) is 4.98 Å². The number of aromatic nitrogens is 2. The van der Waals surface area contributed by atoms with E-state index in [0.717, 1.165) is 44.7 Å². The number of nitrogens with one attached hydrogen (secondary N) is 2. The predicted octanol–water partition coefficient (Wildman–Crippen LogP) is 3.29. The third-order valence-corrected chi connectivity index (χ3v) is 7.85. The predicted molar refractivity (Wildman–Crippen MR) is 138 cm³/mol. The molecule has 0 bridgehead atoms. The number of anilines is 2. The molecular formula is C26H45N7O. The summed E-state index contributed by atoms with van der Waals surface area (Å²) in [6, 6.07) is 2.97. The first-order valence-corrected chi connectivity index (χ1v) is 13.8. The molecule has 8 heteroatoms. The fraction of sp³-hybridized carbons (Fsp3) is 0.808. The van der Waals surface area contributed by atoms with Gasteiger partial charge in [0.1, 0.15) is 5.82 Å². The summed E-state index contributed by atoms with van der Waals surface area (Å²) in [5.41, 5.74) is 5.61. The van der Waals surface area contributed by atoms with Crippen molar-refractivity contribution in [2.45, 2.75) is 102 Å². The highest BCUT2D eigenvalue weighted by Crippen LogP contribution is 2.31. The summed E-state index contributed by atoms with van der Waals surface area (Å²) in [5, 5.41) is 6.76. The molecule has 0 radical (unpaired) electrons. The van der Waals surface area contributed by atoms with E-state index >= 15 is 0 Å². The van der Waals surface area contributed by atoms with Crippen LogP contribution in [0.25, 0.3) is 0 Å². The Kier molecular flexibility index (Phi) is 9.80. The number of rotatable bonds is 9. The molecule has 34 heavy (non-hydrogen) atoms. The molecule has 1 aromatic heterocycles. The van der Waals surface area contributed by atoms with Gasteiger partial charge in [0, 0.05) is 50.4 Å². The number of carbonyl (C=O) groups is 1. The van der Waals surface area contributed by atoms with Gasteiger partial charge in [-0.05, 0) is 64.1 Å². The molecular weight excluding hydrogens is 426 g/mol. The maximum Gasteiger partial charge on any atom is 0.224 e. The van der Waals surface area contributed by atoms with Crippen molar-refractivity contribution in [2.75, 3.05) is 42.9 Å². The topological polar surface area (TPSA) is 99.4 Å². The van der Waals surface area contributed by atoms with Gasteiger partial charge in [0.25, 0.3) is 0 Å². The van der Waals surface area contributed by atoms with E-state index in [4.69, 9.17) is 10.7 Å². The van der Waals surface area contributed by atoms with Crippen LogP contribution < -0.4 is 21.3 Å². The highest BCUT2D eigenvalue weighted by Gasteiger charge is 2.37. The van der Waals surface area contributed by atoms with Gasteiger partial charge in [-0.15, -0.1) is 0 Å². The minimum atomic E-state index is 0.132. The Morgan fingerprint density at radius 1 is 1.00 bits per heavy atom. The zero-order valence-electron chi connectivity index (χ0n) is 20.9. The van der Waals surface area contributed by atoms with Crippen LogP contribution in [-0.4, -0.2) is 71.6 Å². The summed E-state index contributed by atoms with van der Waals surface area (Å²) in [6.07, 6.45) is 16.9. The van der Waals surface area contributed by atoms with E-state index < -0.39 is 0 Å². The Hall–Kier alpha value is -1.93. The summed E-state index contributed by atoms with van der Waals surface area (Å²) in [7, 11) is 0. The summed E-state index contributed by atoms with van der Waals surface area (Å²) >= 11 is 0. The van der Waals surface area contributed by atoms with Crippen LogP contribution in [0.4, 0.5) is 11.8 Å². The van der Waals surface area contributed by atoms with E-state index in [-0.39, 0.29) is 18.0 Å². The average molecular weight is 472 g/mol. The number of amides is 1. The summed E-state index contributed by atoms with van der Waals surface area (Å²) < 4.78 is 0. The van der Waals surface area contributed by atoms with Crippen LogP contribution >= 0.6 is 0 Å². The Morgan fingerprint density at radius 3 is 2.53 bits per heavy atom. The summed E-state index contributed by atoms with van der Waals surface area (Å²) in [5.74, 6) is 1.85. The number of piperidine rings is 1. The summed E-state index contributed by atoms with van der Waals surface area (Å²) in [4.78, 5) is 27.4. The van der Waals surface area contributed by atoms with Crippen LogP contribution in [-0.2, 0) is 4.79 Å². The van der Waals surface area contributed by atoms with E-state index in [9.17, 15) is 4.79 Å². The SMILES string of the molecule is NCCCNC(=O)C[C@@H]1[C@@H](Nc2nccc(N3CCCCCC3)n2)CCCN1C1CCCCC1. The second-order valence-corrected chi connectivity index (χ2v) is 10.3. The number of hydrogen-bond acceptors (Lipinski definition) is 7. The molecule has 1 saturated carbocycles. The standard InChI is InChI=1S/C26H45N7O/c27-14-9-15-28-25(34)20-23-22(12-8-19-33(23)21-10-4-3-5-11-21)30-26-29-16-13-24(31-26)32-17-6-1-2-7-18-32/h13,16,21-23H,1-12,14-15,17-20,27H2,(H,28,34)(H,29,30,31)/t22-,23+/m0/s1. The second kappa shape index (κ2) is 13.2. The Morgan fingerprint density at radius 2 is 1.76 bits per heavy atom. The quantitative estimate of drug-likeness (QED) is 0.475. The molecule has 1 aliphatic carbocycles. The van der Waals surface area contributed by atoms with Crippen molar-refractivity contribution in [2.24, 2.45) is 5.73 Å². The maximum atomic E-state index is 12.9. The molecule has 0 unspecified atom stereocenters. The molecule has 0 aromatic carbocycles. The number of nitrogens with zero attached hydrogens (tertiary/aromatic N) is 4. The monoisotopic (exact) mass is 471 g/mol. The molecule has 4 N–H and O–H groups in total. The first kappa shape index (κ1) is 25.2. The third kappa shape index (κ3) is 7.04. The lowest BCUT2D eigenvalue weighted by Gasteiger charge is -2.46. The normalized spacial score (nSPS) is 25.0. The summed E-state index contributed by atoms with van der Waals surface area (Å²) in [6.45, 7) is 4.48. The van der Waals surface area contributed by atoms with Crippen molar-refractivity contribution < 1.29 is 4.79 Å². The third-order valence-electron chi connectivity index (χ3n) is 7.85. The molecule has 1 aromatic rings. The second-order valence-electron chi connectivity index (χ2n) is 10.3. The molecule has 1 amide bonds. The molecule has 3 aliphatic rings. The van der Waals surface area contributed by atoms with Gasteiger partial charge < -0.3 is 21.3 Å². The smallest absolute Gasteiger partial charge is 0.224 e. The van der Waals surface area contributed by atoms with Gasteiger partial charge in [-0.3, -0.25) is 9.69 Å². The van der Waals surface area contributed by atoms with Crippen molar-refractivity contribution in [1.82, 2.24) is 20.2 Å². The highest BCUT2D eigenvalue weighted by atomic mass is 16.1. The maximum absolute atomic E-state index is 12.9. The molecule has 2 saturated heterocycles. The fourth-order valence-electron chi connectivity index (χ4n) is 6.03. The van der Waals surface area contributed by atoms with Crippen molar-refractivity contribution in [1.29, 1.82) is 0 Å². The Bertz CT molecular complexity index is 746. The van der Waals surface area contributed by atoms with Crippen LogP contribution in [0.2, 0.25) is 0 Å². The Labute approximate surface area is 205 Å². The van der Waals surface area contributed by atoms with Crippen LogP contribution in [0, 0.1) is 0 Å². The van der Waals surface area contributed by atoms with Gasteiger partial charge in [-0.1, -0.05) is 32.1 Å². The lowest BCUT2D eigenvalue weighted by Crippen LogP contribution is -2.57. The molecule has 2 atom stereocenters. The van der Waals surface area contributed by atoms with E-state index in [0.29, 0.717) is 31.5 Å². The van der Waals surface area contributed by atoms with E-state index in [1.165, 1.54) is 57.8 Å². The molecule has 2 aliphatic heterocycles. The van der Waals surface area contributed by atoms with Crippen molar-refractivity contribution in [3.05, 3.63) is 12.3 Å². The van der Waals surface area contributed by atoms with Crippen LogP contribution in [0.3, 0.4) is 0 Å².